The Hall–Kier alpha value is -0.610. The first-order valence-corrected chi connectivity index (χ1v) is 7.08. The van der Waals surface area contributed by atoms with Crippen LogP contribution in [0.15, 0.2) is 0 Å². The van der Waals surface area contributed by atoms with Crippen molar-refractivity contribution in [2.24, 2.45) is 0 Å². The van der Waals surface area contributed by atoms with Crippen LogP contribution in [0.5, 0.6) is 0 Å². The Labute approximate surface area is 106 Å². The number of carbonyl (C=O) groups is 1. The maximum absolute atomic E-state index is 11.2. The number of piperidine rings is 1. The molecular formula is C11H17N4OS. The van der Waals surface area contributed by atoms with Gasteiger partial charge in [-0.05, 0) is 12.8 Å². The highest BCUT2D eigenvalue weighted by Crippen LogP contribution is 2.21. The van der Waals surface area contributed by atoms with Crippen LogP contribution >= 0.6 is 11.8 Å². The molecule has 17 heavy (non-hydrogen) atoms. The highest BCUT2D eigenvalue weighted by atomic mass is 32.2. The van der Waals surface area contributed by atoms with Crippen LogP contribution in [0.1, 0.15) is 12.8 Å². The van der Waals surface area contributed by atoms with Gasteiger partial charge >= 0.3 is 0 Å². The van der Waals surface area contributed by atoms with Crippen LogP contribution in [0, 0.1) is 11.3 Å². The lowest BCUT2D eigenvalue weighted by atomic mass is 10.1. The monoisotopic (exact) mass is 253 g/mol. The first-order valence-electron chi connectivity index (χ1n) is 5.93. The normalized spacial score (nSPS) is 31.9. The number of rotatable bonds is 4. The van der Waals surface area contributed by atoms with E-state index in [9.17, 15) is 4.79 Å². The largest absolute Gasteiger partial charge is 0.300 e. The van der Waals surface area contributed by atoms with Crippen molar-refractivity contribution in [1.29, 1.82) is 5.26 Å². The van der Waals surface area contributed by atoms with E-state index in [2.05, 4.69) is 16.7 Å². The van der Waals surface area contributed by atoms with Gasteiger partial charge in [0.25, 0.3) is 0 Å². The van der Waals surface area contributed by atoms with Crippen molar-refractivity contribution in [3.05, 3.63) is 0 Å². The van der Waals surface area contributed by atoms with Crippen molar-refractivity contribution in [3.8, 4) is 6.07 Å². The van der Waals surface area contributed by atoms with Crippen LogP contribution < -0.4 is 10.6 Å². The third-order valence-electron chi connectivity index (χ3n) is 3.18. The second-order valence-corrected chi connectivity index (χ2v) is 5.38. The van der Waals surface area contributed by atoms with Crippen molar-refractivity contribution in [2.75, 3.05) is 24.7 Å². The summed E-state index contributed by atoms with van der Waals surface area (Å²) in [6.45, 7) is 1.72. The number of carbonyl (C=O) groups excluding carboxylic acids is 1. The zero-order valence-electron chi connectivity index (χ0n) is 9.71. The molecule has 3 unspecified atom stereocenters. The van der Waals surface area contributed by atoms with E-state index >= 15 is 0 Å². The second-order valence-electron chi connectivity index (χ2n) is 4.38. The SMILES string of the molecule is N#CC1CSCN1C(C=O)NC1CCC[N]C1. The summed E-state index contributed by atoms with van der Waals surface area (Å²) in [4.78, 5) is 13.1. The Kier molecular flexibility index (Phi) is 4.80. The summed E-state index contributed by atoms with van der Waals surface area (Å²) in [5, 5.41) is 16.7. The lowest BCUT2D eigenvalue weighted by Gasteiger charge is -2.31. The zero-order valence-corrected chi connectivity index (χ0v) is 10.5. The van der Waals surface area contributed by atoms with Gasteiger partial charge in [0.2, 0.25) is 0 Å². The minimum atomic E-state index is -0.340. The van der Waals surface area contributed by atoms with E-state index in [4.69, 9.17) is 5.26 Å². The van der Waals surface area contributed by atoms with Crippen LogP contribution in [-0.2, 0) is 4.79 Å². The smallest absolute Gasteiger partial charge is 0.151 e. The summed E-state index contributed by atoms with van der Waals surface area (Å²) < 4.78 is 0. The molecule has 5 nitrogen and oxygen atoms in total. The average molecular weight is 253 g/mol. The molecular weight excluding hydrogens is 236 g/mol. The third-order valence-corrected chi connectivity index (χ3v) is 4.21. The maximum Gasteiger partial charge on any atom is 0.151 e. The van der Waals surface area contributed by atoms with Crippen LogP contribution in [-0.4, -0.2) is 54.2 Å². The lowest BCUT2D eigenvalue weighted by Crippen LogP contribution is -2.55. The predicted molar refractivity (Wildman–Crippen MR) is 66.4 cm³/mol. The van der Waals surface area contributed by atoms with Gasteiger partial charge in [0.1, 0.15) is 12.2 Å². The number of hydrogen-bond acceptors (Lipinski definition) is 5. The van der Waals surface area contributed by atoms with E-state index in [-0.39, 0.29) is 18.2 Å². The summed E-state index contributed by atoms with van der Waals surface area (Å²) in [7, 11) is 0. The fourth-order valence-electron chi connectivity index (χ4n) is 2.22. The van der Waals surface area contributed by atoms with E-state index < -0.39 is 0 Å². The Balaban J connectivity index is 1.91. The molecule has 6 heteroatoms. The summed E-state index contributed by atoms with van der Waals surface area (Å²) >= 11 is 1.70. The number of aldehydes is 1. The molecule has 0 aromatic rings. The molecule has 3 atom stereocenters. The fraction of sp³-hybridized carbons (Fsp3) is 0.818. The van der Waals surface area contributed by atoms with E-state index in [1.165, 1.54) is 0 Å². The van der Waals surface area contributed by atoms with Crippen molar-refractivity contribution in [3.63, 3.8) is 0 Å². The molecule has 0 bridgehead atoms. The summed E-state index contributed by atoms with van der Waals surface area (Å²) in [5.74, 6) is 1.54. The van der Waals surface area contributed by atoms with Crippen molar-refractivity contribution in [2.45, 2.75) is 31.1 Å². The molecule has 0 aromatic carbocycles. The molecule has 2 aliphatic heterocycles. The molecule has 0 aromatic heterocycles. The molecule has 0 amide bonds. The minimum absolute atomic E-state index is 0.150. The highest BCUT2D eigenvalue weighted by Gasteiger charge is 2.32. The molecule has 0 saturated carbocycles. The lowest BCUT2D eigenvalue weighted by molar-refractivity contribution is -0.113. The van der Waals surface area contributed by atoms with Crippen LogP contribution in [0.2, 0.25) is 0 Å². The van der Waals surface area contributed by atoms with Gasteiger partial charge in [0.15, 0.2) is 6.29 Å². The predicted octanol–water partition coefficient (Wildman–Crippen LogP) is -0.234. The van der Waals surface area contributed by atoms with Crippen molar-refractivity contribution in [1.82, 2.24) is 15.5 Å². The van der Waals surface area contributed by atoms with Crippen LogP contribution in [0.3, 0.4) is 0 Å². The molecule has 2 heterocycles. The number of nitrogens with zero attached hydrogens (tertiary/aromatic N) is 3. The third kappa shape index (κ3) is 3.19. The minimum Gasteiger partial charge on any atom is -0.300 e. The van der Waals surface area contributed by atoms with Crippen molar-refractivity contribution < 1.29 is 4.79 Å². The molecule has 2 fully saturated rings. The summed E-state index contributed by atoms with van der Waals surface area (Å²) in [5.41, 5.74) is 0. The molecule has 93 valence electrons. The van der Waals surface area contributed by atoms with Gasteiger partial charge in [0.05, 0.1) is 6.07 Å². The maximum atomic E-state index is 11.2. The first kappa shape index (κ1) is 12.8. The number of thioether (sulfide) groups is 1. The number of nitriles is 1. The molecule has 2 aliphatic rings. The molecule has 0 aliphatic carbocycles. The first-order chi connectivity index (χ1) is 8.35. The van der Waals surface area contributed by atoms with Crippen LogP contribution in [0.4, 0.5) is 0 Å². The topological polar surface area (TPSA) is 70.2 Å². The Morgan fingerprint density at radius 1 is 1.65 bits per heavy atom. The zero-order chi connectivity index (χ0) is 12.1. The van der Waals surface area contributed by atoms with Gasteiger partial charge in [0, 0.05) is 30.8 Å². The average Bonchev–Trinajstić information content (AvgIpc) is 2.85. The quantitative estimate of drug-likeness (QED) is 0.701. The summed E-state index contributed by atoms with van der Waals surface area (Å²) in [6.07, 6.45) is 2.71. The van der Waals surface area contributed by atoms with Gasteiger partial charge in [-0.2, -0.15) is 5.26 Å². The molecule has 0 spiro atoms. The van der Waals surface area contributed by atoms with E-state index in [1.54, 1.807) is 11.8 Å². The highest BCUT2D eigenvalue weighted by molar-refractivity contribution is 7.99. The van der Waals surface area contributed by atoms with Crippen LogP contribution in [0.25, 0.3) is 0 Å². The molecule has 1 N–H and O–H groups in total. The molecule has 1 radical (unpaired) electrons. The number of nitrogens with one attached hydrogen (secondary N) is 1. The Bertz CT molecular complexity index is 300. The Morgan fingerprint density at radius 3 is 3.18 bits per heavy atom. The summed E-state index contributed by atoms with van der Waals surface area (Å²) in [6, 6.07) is 2.38. The van der Waals surface area contributed by atoms with Gasteiger partial charge in [-0.25, -0.2) is 5.32 Å². The van der Waals surface area contributed by atoms with Gasteiger partial charge < -0.3 is 4.79 Å². The number of hydrogen-bond donors (Lipinski definition) is 1. The fourth-order valence-corrected chi connectivity index (χ4v) is 3.37. The van der Waals surface area contributed by atoms with E-state index in [1.807, 2.05) is 4.90 Å². The van der Waals surface area contributed by atoms with Gasteiger partial charge in [-0.15, -0.1) is 11.8 Å². The van der Waals surface area contributed by atoms with Gasteiger partial charge in [-0.3, -0.25) is 10.2 Å². The Morgan fingerprint density at radius 2 is 2.53 bits per heavy atom. The van der Waals surface area contributed by atoms with E-state index in [0.29, 0.717) is 0 Å². The van der Waals surface area contributed by atoms with Gasteiger partial charge in [-0.1, -0.05) is 0 Å². The molecule has 2 rings (SSSR count). The van der Waals surface area contributed by atoms with E-state index in [0.717, 1.165) is 43.8 Å². The van der Waals surface area contributed by atoms with Crippen molar-refractivity contribution >= 4 is 18.0 Å². The standard InChI is InChI=1S/C11H17N4OS/c12-4-10-7-17-8-15(10)11(6-16)14-9-2-1-3-13-5-9/h6,9-11,14H,1-3,5,7-8H2. The molecule has 2 saturated heterocycles. The second kappa shape index (κ2) is 6.36.